The number of carboxylic acid groups (broad SMARTS) is 1. The molecule has 4 rings (SSSR count). The van der Waals surface area contributed by atoms with Gasteiger partial charge in [0.15, 0.2) is 0 Å². The Hall–Kier alpha value is -3.88. The van der Waals surface area contributed by atoms with Crippen molar-refractivity contribution < 1.29 is 24.2 Å². The molecule has 0 spiro atoms. The number of amidine groups is 1. The lowest BCUT2D eigenvalue weighted by atomic mass is 10.0. The van der Waals surface area contributed by atoms with Crippen LogP contribution in [0, 0.1) is 11.3 Å². The molecule has 2 amide bonds. The van der Waals surface area contributed by atoms with E-state index in [0.29, 0.717) is 30.8 Å². The van der Waals surface area contributed by atoms with Gasteiger partial charge in [0.1, 0.15) is 24.7 Å². The summed E-state index contributed by atoms with van der Waals surface area (Å²) in [5, 5.41) is 16.7. The number of nitrogens with zero attached hydrogens (tertiary/aromatic N) is 2. The molecule has 2 aliphatic heterocycles. The number of likely N-dealkylation sites (tertiary alicyclic amines) is 2. The average molecular weight is 479 g/mol. The number of carbonyl (C=O) groups excluding carboxylic acids is 2. The van der Waals surface area contributed by atoms with Crippen LogP contribution >= 0.6 is 0 Å². The Bertz CT molecular complexity index is 1090. The number of hydrogen-bond donors (Lipinski definition) is 3. The van der Waals surface area contributed by atoms with Crippen LogP contribution in [0.2, 0.25) is 0 Å². The number of hydrogen-bond acceptors (Lipinski definition) is 5. The molecule has 9 nitrogen and oxygen atoms in total. The fraction of sp³-hybridized carbons (Fsp3) is 0.385. The van der Waals surface area contributed by atoms with Crippen molar-refractivity contribution in [2.45, 2.75) is 31.7 Å². The lowest BCUT2D eigenvalue weighted by Crippen LogP contribution is -2.45. The number of carbonyl (C=O) groups is 3. The lowest BCUT2D eigenvalue weighted by Gasteiger charge is -2.26. The van der Waals surface area contributed by atoms with Gasteiger partial charge in [-0.1, -0.05) is 36.4 Å². The number of benzene rings is 2. The van der Waals surface area contributed by atoms with Gasteiger partial charge < -0.3 is 25.4 Å². The van der Waals surface area contributed by atoms with Crippen LogP contribution < -0.4 is 10.5 Å². The van der Waals surface area contributed by atoms with Crippen LogP contribution in [-0.2, 0) is 14.4 Å². The van der Waals surface area contributed by atoms with Crippen molar-refractivity contribution in [3.8, 4) is 16.9 Å². The highest BCUT2D eigenvalue weighted by Gasteiger charge is 2.42. The summed E-state index contributed by atoms with van der Waals surface area (Å²) in [5.41, 5.74) is 8.12. The number of carboxylic acids is 1. The number of nitrogens with one attached hydrogen (secondary N) is 1. The van der Waals surface area contributed by atoms with Gasteiger partial charge in [-0.2, -0.15) is 0 Å². The Kier molecular flexibility index (Phi) is 7.33. The smallest absolute Gasteiger partial charge is 0.304 e. The van der Waals surface area contributed by atoms with Crippen LogP contribution in [0.15, 0.2) is 48.5 Å². The summed E-state index contributed by atoms with van der Waals surface area (Å²) < 4.78 is 5.96. The average Bonchev–Trinajstić information content (AvgIpc) is 3.48. The topological polar surface area (TPSA) is 137 Å². The van der Waals surface area contributed by atoms with E-state index in [1.807, 2.05) is 36.4 Å². The summed E-state index contributed by atoms with van der Waals surface area (Å²) in [6, 6.07) is 14.5. The third-order valence-electron chi connectivity index (χ3n) is 6.64. The van der Waals surface area contributed by atoms with Gasteiger partial charge in [0, 0.05) is 18.7 Å². The molecule has 2 saturated heterocycles. The summed E-state index contributed by atoms with van der Waals surface area (Å²) >= 11 is 0. The largest absolute Gasteiger partial charge is 0.491 e. The quantitative estimate of drug-likeness (QED) is 0.374. The molecule has 0 unspecified atom stereocenters. The highest BCUT2D eigenvalue weighted by molar-refractivity contribution is 5.95. The molecular formula is C26H30N4O5. The summed E-state index contributed by atoms with van der Waals surface area (Å²) in [6.45, 7) is 1.54. The zero-order valence-corrected chi connectivity index (χ0v) is 19.5. The lowest BCUT2D eigenvalue weighted by molar-refractivity contribution is -0.144. The predicted molar refractivity (Wildman–Crippen MR) is 130 cm³/mol. The number of nitrogen functional groups attached to an aromatic ring is 1. The number of aliphatic carboxylic acids is 1. The van der Waals surface area contributed by atoms with Gasteiger partial charge in [-0.15, -0.1) is 0 Å². The van der Waals surface area contributed by atoms with E-state index in [4.69, 9.17) is 15.9 Å². The second-order valence-electron chi connectivity index (χ2n) is 9.06. The maximum Gasteiger partial charge on any atom is 0.304 e. The fourth-order valence-corrected chi connectivity index (χ4v) is 4.71. The maximum atomic E-state index is 12.9. The molecule has 2 aromatic rings. The van der Waals surface area contributed by atoms with Crippen LogP contribution in [-0.4, -0.2) is 70.8 Å². The van der Waals surface area contributed by atoms with Gasteiger partial charge in [0.05, 0.1) is 18.4 Å². The van der Waals surface area contributed by atoms with Crippen molar-refractivity contribution in [3.63, 3.8) is 0 Å². The second-order valence-corrected chi connectivity index (χ2v) is 9.06. The normalized spacial score (nSPS) is 19.7. The van der Waals surface area contributed by atoms with E-state index in [0.717, 1.165) is 24.0 Å². The van der Waals surface area contributed by atoms with Crippen LogP contribution in [0.1, 0.15) is 31.2 Å². The molecule has 2 aliphatic rings. The van der Waals surface area contributed by atoms with Crippen molar-refractivity contribution >= 4 is 23.6 Å². The Balaban J connectivity index is 1.40. The van der Waals surface area contributed by atoms with Crippen LogP contribution in [0.5, 0.6) is 5.75 Å². The van der Waals surface area contributed by atoms with Gasteiger partial charge in [-0.3, -0.25) is 19.8 Å². The molecule has 35 heavy (non-hydrogen) atoms. The molecule has 2 aromatic carbocycles. The molecule has 0 aromatic heterocycles. The second kappa shape index (κ2) is 10.6. The third kappa shape index (κ3) is 5.79. The summed E-state index contributed by atoms with van der Waals surface area (Å²) in [4.78, 5) is 40.1. The first-order valence-corrected chi connectivity index (χ1v) is 11.8. The maximum absolute atomic E-state index is 12.9. The number of ether oxygens (including phenoxy) is 1. The minimum atomic E-state index is -1.03. The monoisotopic (exact) mass is 478 g/mol. The van der Waals surface area contributed by atoms with E-state index in [1.165, 1.54) is 4.90 Å². The van der Waals surface area contributed by atoms with Gasteiger partial charge in [-0.05, 0) is 42.5 Å². The van der Waals surface area contributed by atoms with Crippen LogP contribution in [0.3, 0.4) is 0 Å². The van der Waals surface area contributed by atoms with Crippen molar-refractivity contribution in [2.75, 3.05) is 26.2 Å². The zero-order valence-electron chi connectivity index (χ0n) is 19.5. The van der Waals surface area contributed by atoms with E-state index in [-0.39, 0.29) is 43.3 Å². The SMILES string of the molecule is N=C(N)c1ccc(-c2ccc(OC[C@@H]3C[C@@H](CC(=O)O)C(=O)N3CC(=O)N3CCCC3)cc2)cc1. The molecule has 0 aliphatic carbocycles. The minimum Gasteiger partial charge on any atom is -0.491 e. The van der Waals surface area contributed by atoms with Crippen molar-refractivity contribution in [1.29, 1.82) is 5.41 Å². The highest BCUT2D eigenvalue weighted by atomic mass is 16.5. The summed E-state index contributed by atoms with van der Waals surface area (Å²) in [7, 11) is 0. The van der Waals surface area contributed by atoms with E-state index >= 15 is 0 Å². The van der Waals surface area contributed by atoms with Crippen molar-refractivity contribution in [2.24, 2.45) is 11.7 Å². The highest BCUT2D eigenvalue weighted by Crippen LogP contribution is 2.29. The van der Waals surface area contributed by atoms with Gasteiger partial charge >= 0.3 is 5.97 Å². The summed E-state index contributed by atoms with van der Waals surface area (Å²) in [5.74, 6) is -1.42. The minimum absolute atomic E-state index is 0.0208. The van der Waals surface area contributed by atoms with Crippen molar-refractivity contribution in [3.05, 3.63) is 54.1 Å². The number of rotatable bonds is 9. The van der Waals surface area contributed by atoms with Crippen molar-refractivity contribution in [1.82, 2.24) is 9.80 Å². The van der Waals surface area contributed by atoms with Crippen LogP contribution in [0.25, 0.3) is 11.1 Å². The standard InChI is InChI=1S/C26H30N4O5/c27-25(28)19-5-3-17(4-6-19)18-7-9-22(10-8-18)35-16-21-13-20(14-24(32)33)26(34)30(21)15-23(31)29-11-1-2-12-29/h3-10,20-21H,1-2,11-16H2,(H3,27,28)(H,32,33)/t20-,21-/m0/s1. The zero-order chi connectivity index (χ0) is 24.9. The van der Waals surface area contributed by atoms with E-state index in [2.05, 4.69) is 0 Å². The Morgan fingerprint density at radius 2 is 1.63 bits per heavy atom. The molecule has 184 valence electrons. The number of amides is 2. The predicted octanol–water partition coefficient (Wildman–Crippen LogP) is 2.33. The molecule has 2 fully saturated rings. The van der Waals surface area contributed by atoms with E-state index in [1.54, 1.807) is 17.0 Å². The molecule has 0 radical (unpaired) electrons. The molecule has 4 N–H and O–H groups in total. The Labute approximate surface area is 204 Å². The Morgan fingerprint density at radius 1 is 1.03 bits per heavy atom. The summed E-state index contributed by atoms with van der Waals surface area (Å²) in [6.07, 6.45) is 2.02. The molecular weight excluding hydrogens is 448 g/mol. The van der Waals surface area contributed by atoms with Gasteiger partial charge in [0.25, 0.3) is 0 Å². The number of nitrogens with two attached hydrogens (primary N) is 1. The fourth-order valence-electron chi connectivity index (χ4n) is 4.71. The third-order valence-corrected chi connectivity index (χ3v) is 6.64. The molecule has 2 atom stereocenters. The van der Waals surface area contributed by atoms with Crippen LogP contribution in [0.4, 0.5) is 0 Å². The van der Waals surface area contributed by atoms with E-state index < -0.39 is 11.9 Å². The molecule has 0 saturated carbocycles. The molecule has 9 heteroatoms. The first-order chi connectivity index (χ1) is 16.8. The van der Waals surface area contributed by atoms with Gasteiger partial charge in [-0.25, -0.2) is 0 Å². The molecule has 0 bridgehead atoms. The van der Waals surface area contributed by atoms with Gasteiger partial charge in [0.2, 0.25) is 11.8 Å². The first kappa shape index (κ1) is 24.3. The first-order valence-electron chi connectivity index (χ1n) is 11.8. The Morgan fingerprint density at radius 3 is 2.20 bits per heavy atom. The van der Waals surface area contributed by atoms with E-state index in [9.17, 15) is 19.5 Å². The molecule has 2 heterocycles.